The molecule has 0 aromatic carbocycles. The molecular weight excluding hydrogens is 272 g/mol. The third kappa shape index (κ3) is 3.03. The van der Waals surface area contributed by atoms with Crippen LogP contribution in [-0.2, 0) is 4.74 Å². The zero-order chi connectivity index (χ0) is 14.1. The summed E-state index contributed by atoms with van der Waals surface area (Å²) >= 11 is 1.96. The van der Waals surface area contributed by atoms with Crippen LogP contribution in [0.1, 0.15) is 57.8 Å². The Hall–Kier alpha value is 0.230. The molecule has 1 aliphatic carbocycles. The van der Waals surface area contributed by atoms with Crippen LogP contribution in [0.2, 0.25) is 0 Å². The summed E-state index contributed by atoms with van der Waals surface area (Å²) in [5.41, 5.74) is -0.846. The lowest BCUT2D eigenvalue weighted by Gasteiger charge is -2.44. The van der Waals surface area contributed by atoms with Crippen molar-refractivity contribution in [3.05, 3.63) is 0 Å². The van der Waals surface area contributed by atoms with Crippen LogP contribution in [0, 0.1) is 5.92 Å². The van der Waals surface area contributed by atoms with Crippen LogP contribution in [0.3, 0.4) is 0 Å². The number of aliphatic hydroxyl groups excluding tert-OH is 1. The molecule has 3 unspecified atom stereocenters. The van der Waals surface area contributed by atoms with Gasteiger partial charge in [-0.15, -0.1) is 0 Å². The first kappa shape index (κ1) is 15.1. The first-order valence-corrected chi connectivity index (χ1v) is 9.41. The molecule has 3 nitrogen and oxygen atoms in total. The molecule has 0 bridgehead atoms. The highest BCUT2D eigenvalue weighted by atomic mass is 32.2. The summed E-state index contributed by atoms with van der Waals surface area (Å²) in [6.07, 6.45) is 8.42. The number of hydrogen-bond donors (Lipinski definition) is 2. The fourth-order valence-corrected chi connectivity index (χ4v) is 5.65. The van der Waals surface area contributed by atoms with Gasteiger partial charge in [0.05, 0.1) is 17.3 Å². The van der Waals surface area contributed by atoms with Crippen LogP contribution in [0.4, 0.5) is 0 Å². The van der Waals surface area contributed by atoms with Gasteiger partial charge in [-0.1, -0.05) is 25.7 Å². The zero-order valence-corrected chi connectivity index (χ0v) is 13.2. The molecule has 0 amide bonds. The lowest BCUT2D eigenvalue weighted by atomic mass is 9.74. The van der Waals surface area contributed by atoms with E-state index in [-0.39, 0.29) is 11.5 Å². The first-order valence-electron chi connectivity index (χ1n) is 8.26. The minimum atomic E-state index is -0.842. The third-order valence-corrected chi connectivity index (χ3v) is 6.79. The molecule has 0 aromatic heterocycles. The van der Waals surface area contributed by atoms with E-state index < -0.39 is 11.7 Å². The molecule has 3 rings (SSSR count). The number of ether oxygens (including phenoxy) is 1. The molecule has 2 heterocycles. The maximum atomic E-state index is 10.9. The molecule has 3 aliphatic rings. The quantitative estimate of drug-likeness (QED) is 0.770. The summed E-state index contributed by atoms with van der Waals surface area (Å²) < 4.78 is 6.04. The topological polar surface area (TPSA) is 49.7 Å². The van der Waals surface area contributed by atoms with Crippen LogP contribution in [0.25, 0.3) is 0 Å². The standard InChI is InChI=1S/C16H28O3S/c17-14(16(18)6-3-1-2-4-7-16)13-5-9-19-15(11-13)8-10-20-12-15/h13-14,17-18H,1-12H2. The van der Waals surface area contributed by atoms with E-state index in [4.69, 9.17) is 4.74 Å². The Morgan fingerprint density at radius 2 is 1.85 bits per heavy atom. The highest BCUT2D eigenvalue weighted by Gasteiger charge is 2.47. The Balaban J connectivity index is 1.67. The number of aliphatic hydroxyl groups is 2. The average Bonchev–Trinajstić information content (AvgIpc) is 2.77. The maximum Gasteiger partial charge on any atom is 0.0908 e. The lowest BCUT2D eigenvalue weighted by Crippen LogP contribution is -2.51. The van der Waals surface area contributed by atoms with E-state index in [0.717, 1.165) is 57.3 Å². The van der Waals surface area contributed by atoms with Crippen molar-refractivity contribution in [3.63, 3.8) is 0 Å². The number of rotatable bonds is 2. The monoisotopic (exact) mass is 300 g/mol. The highest BCUT2D eigenvalue weighted by Crippen LogP contribution is 2.44. The van der Waals surface area contributed by atoms with E-state index in [1.54, 1.807) is 0 Å². The van der Waals surface area contributed by atoms with Crippen molar-refractivity contribution in [2.45, 2.75) is 75.1 Å². The van der Waals surface area contributed by atoms with E-state index in [1.807, 2.05) is 11.8 Å². The van der Waals surface area contributed by atoms with Gasteiger partial charge in [0.1, 0.15) is 0 Å². The van der Waals surface area contributed by atoms with Crippen LogP contribution in [0.5, 0.6) is 0 Å². The predicted molar refractivity (Wildman–Crippen MR) is 82.0 cm³/mol. The molecule has 3 atom stereocenters. The van der Waals surface area contributed by atoms with E-state index in [1.165, 1.54) is 18.6 Å². The van der Waals surface area contributed by atoms with Gasteiger partial charge in [0.25, 0.3) is 0 Å². The van der Waals surface area contributed by atoms with Crippen molar-refractivity contribution < 1.29 is 14.9 Å². The van der Waals surface area contributed by atoms with Gasteiger partial charge in [-0.05, 0) is 43.8 Å². The second-order valence-corrected chi connectivity index (χ2v) is 8.15. The van der Waals surface area contributed by atoms with Crippen molar-refractivity contribution in [1.82, 2.24) is 0 Å². The Labute approximate surface area is 126 Å². The van der Waals surface area contributed by atoms with Crippen LogP contribution >= 0.6 is 11.8 Å². The molecule has 2 aliphatic heterocycles. The van der Waals surface area contributed by atoms with Gasteiger partial charge >= 0.3 is 0 Å². The van der Waals surface area contributed by atoms with Crippen LogP contribution in [0.15, 0.2) is 0 Å². The molecule has 0 aromatic rings. The lowest BCUT2D eigenvalue weighted by molar-refractivity contribution is -0.154. The molecule has 2 saturated heterocycles. The Bertz CT molecular complexity index is 320. The Kier molecular flexibility index (Phi) is 4.66. The van der Waals surface area contributed by atoms with Gasteiger partial charge in [0.15, 0.2) is 0 Å². The summed E-state index contributed by atoms with van der Waals surface area (Å²) in [5.74, 6) is 2.45. The highest BCUT2D eigenvalue weighted by molar-refractivity contribution is 7.99. The average molecular weight is 300 g/mol. The van der Waals surface area contributed by atoms with Crippen molar-refractivity contribution in [3.8, 4) is 0 Å². The molecule has 2 N–H and O–H groups in total. The van der Waals surface area contributed by atoms with Gasteiger partial charge in [-0.2, -0.15) is 11.8 Å². The van der Waals surface area contributed by atoms with Gasteiger partial charge in [0.2, 0.25) is 0 Å². The largest absolute Gasteiger partial charge is 0.390 e. The molecule has 4 heteroatoms. The summed E-state index contributed by atoms with van der Waals surface area (Å²) in [6, 6.07) is 0. The van der Waals surface area contributed by atoms with Gasteiger partial charge in [-0.25, -0.2) is 0 Å². The third-order valence-electron chi connectivity index (χ3n) is 5.56. The molecular formula is C16H28O3S. The molecule has 20 heavy (non-hydrogen) atoms. The SMILES string of the molecule is OC(C1CCOC2(CCSC2)C1)C1(O)CCCCCC1. The van der Waals surface area contributed by atoms with E-state index in [0.29, 0.717) is 0 Å². The maximum absolute atomic E-state index is 10.9. The van der Waals surface area contributed by atoms with Crippen molar-refractivity contribution >= 4 is 11.8 Å². The van der Waals surface area contributed by atoms with Crippen LogP contribution < -0.4 is 0 Å². The second-order valence-electron chi connectivity index (χ2n) is 7.05. The van der Waals surface area contributed by atoms with Gasteiger partial charge in [-0.3, -0.25) is 0 Å². The van der Waals surface area contributed by atoms with Crippen molar-refractivity contribution in [1.29, 1.82) is 0 Å². The van der Waals surface area contributed by atoms with E-state index >= 15 is 0 Å². The van der Waals surface area contributed by atoms with Gasteiger partial charge in [0, 0.05) is 12.4 Å². The Morgan fingerprint density at radius 3 is 2.50 bits per heavy atom. The Morgan fingerprint density at radius 1 is 1.10 bits per heavy atom. The minimum absolute atomic E-state index is 0.00431. The van der Waals surface area contributed by atoms with Crippen molar-refractivity contribution in [2.24, 2.45) is 5.92 Å². The fraction of sp³-hybridized carbons (Fsp3) is 1.00. The summed E-state index contributed by atoms with van der Waals surface area (Å²) in [7, 11) is 0. The first-order chi connectivity index (χ1) is 9.64. The summed E-state index contributed by atoms with van der Waals surface area (Å²) in [6.45, 7) is 0.748. The number of thioether (sulfide) groups is 1. The zero-order valence-electron chi connectivity index (χ0n) is 12.4. The minimum Gasteiger partial charge on any atom is -0.390 e. The molecule has 3 fully saturated rings. The normalized spacial score (nSPS) is 39.6. The smallest absolute Gasteiger partial charge is 0.0908 e. The molecule has 0 radical (unpaired) electrons. The van der Waals surface area contributed by atoms with Crippen LogP contribution in [-0.4, -0.2) is 45.6 Å². The second kappa shape index (κ2) is 6.15. The summed E-state index contributed by atoms with van der Waals surface area (Å²) in [5, 5.41) is 21.7. The van der Waals surface area contributed by atoms with E-state index in [9.17, 15) is 10.2 Å². The van der Waals surface area contributed by atoms with Gasteiger partial charge < -0.3 is 14.9 Å². The molecule has 1 spiro atoms. The van der Waals surface area contributed by atoms with Crippen molar-refractivity contribution in [2.75, 3.05) is 18.1 Å². The summed E-state index contributed by atoms with van der Waals surface area (Å²) in [4.78, 5) is 0. The molecule has 1 saturated carbocycles. The molecule has 116 valence electrons. The predicted octanol–water partition coefficient (Wildman–Crippen LogP) is 2.73. The van der Waals surface area contributed by atoms with E-state index in [2.05, 4.69) is 0 Å². The number of hydrogen-bond acceptors (Lipinski definition) is 4. The fourth-order valence-electron chi connectivity index (χ4n) is 4.27.